The maximum absolute atomic E-state index is 15.9. The van der Waals surface area contributed by atoms with Crippen molar-refractivity contribution < 1.29 is 65.3 Å². The molecule has 0 aromatic heterocycles. The van der Waals surface area contributed by atoms with E-state index in [0.717, 1.165) is 24.3 Å². The van der Waals surface area contributed by atoms with Crippen LogP contribution in [0.25, 0.3) is 5.57 Å². The molecular weight excluding hydrogens is 712 g/mol. The third kappa shape index (κ3) is 8.55. The van der Waals surface area contributed by atoms with E-state index < -0.39 is 113 Å². The minimum absolute atomic E-state index is 0.306. The molecule has 21 heteroatoms. The van der Waals surface area contributed by atoms with E-state index in [1.165, 1.54) is 6.07 Å². The van der Waals surface area contributed by atoms with Gasteiger partial charge in [-0.2, -0.15) is 52.7 Å². The third-order valence-corrected chi connectivity index (χ3v) is 31.9. The van der Waals surface area contributed by atoms with Gasteiger partial charge in [0.05, 0.1) is 18.1 Å². The number of hydrogen-bond acceptors (Lipinski definition) is 2. The number of rotatable bonds is 16. The fourth-order valence-corrected chi connectivity index (χ4v) is 39.8. The Kier molecular flexibility index (Phi) is 12.7. The van der Waals surface area contributed by atoms with Crippen molar-refractivity contribution >= 4 is 58.8 Å². The summed E-state index contributed by atoms with van der Waals surface area (Å²) >= 11 is 0. The third-order valence-electron chi connectivity index (χ3n) is 6.10. The fourth-order valence-electron chi connectivity index (χ4n) is 3.76. The molecule has 1 unspecified atom stereocenters. The topological polar surface area (TPSA) is 18.5 Å². The molecule has 0 aliphatic rings. The van der Waals surface area contributed by atoms with Crippen molar-refractivity contribution in [3.05, 3.63) is 40.7 Å². The van der Waals surface area contributed by atoms with Gasteiger partial charge in [0.1, 0.15) is 18.6 Å². The summed E-state index contributed by atoms with van der Waals surface area (Å²) in [7, 11) is -11.8. The highest BCUT2D eigenvalue weighted by molar-refractivity contribution is 7.17. The second-order valence-corrected chi connectivity index (χ2v) is 32.6. The van der Waals surface area contributed by atoms with Crippen LogP contribution in [-0.4, -0.2) is 95.0 Å². The molecule has 0 saturated heterocycles. The number of hydrogen-bond donors (Lipinski definition) is 0. The van der Waals surface area contributed by atoms with Crippen LogP contribution in [-0.2, 0) is 8.23 Å². The smallest absolute Gasteiger partial charge is 0.385 e. The molecule has 0 radical (unpaired) electrons. The lowest BCUT2D eigenvalue weighted by atomic mass is 9.86. The Bertz CT molecular complexity index is 1080. The molecule has 0 saturated carbocycles. The minimum Gasteiger partial charge on any atom is -0.463 e. The van der Waals surface area contributed by atoms with E-state index in [1.807, 2.05) is 0 Å². The van der Waals surface area contributed by atoms with Crippen LogP contribution in [0.1, 0.15) is 12.5 Å². The lowest BCUT2D eigenvalue weighted by Crippen LogP contribution is -2.71. The summed E-state index contributed by atoms with van der Waals surface area (Å²) in [5.74, 6) is -43.3. The Morgan fingerprint density at radius 1 is 0.628 bits per heavy atom. The Balaban J connectivity index is 3.99. The van der Waals surface area contributed by atoms with Crippen LogP contribution in [0.2, 0.25) is 39.3 Å². The lowest BCUT2D eigenvalue weighted by molar-refractivity contribution is -0.423. The van der Waals surface area contributed by atoms with E-state index in [4.69, 9.17) is 8.23 Å². The summed E-state index contributed by atoms with van der Waals surface area (Å²) < 4.78 is 201. The van der Waals surface area contributed by atoms with Gasteiger partial charge < -0.3 is 8.23 Å². The average molecular weight is 747 g/mol. The molecule has 0 spiro atoms. The summed E-state index contributed by atoms with van der Waals surface area (Å²) in [6.45, 7) is 10.2. The summed E-state index contributed by atoms with van der Waals surface area (Å²) in [6, 6.07) is 5.11. The van der Waals surface area contributed by atoms with Gasteiger partial charge in [-0.05, 0) is 51.8 Å². The van der Waals surface area contributed by atoms with Crippen molar-refractivity contribution in [2.45, 2.75) is 87.9 Å². The van der Waals surface area contributed by atoms with Crippen LogP contribution in [0, 0.1) is 0 Å². The number of allylic oxidation sites excluding steroid dienone is 1. The highest BCUT2D eigenvalue weighted by atomic mass is 29.2. The van der Waals surface area contributed by atoms with E-state index in [2.05, 4.69) is 0 Å². The van der Waals surface area contributed by atoms with E-state index in [0.29, 0.717) is 0 Å². The molecule has 0 heterocycles. The highest BCUT2D eigenvalue weighted by Gasteiger charge is 2.91. The maximum atomic E-state index is 15.9. The number of halogens is 13. The molecule has 2 nitrogen and oxygen atoms in total. The summed E-state index contributed by atoms with van der Waals surface area (Å²) in [6.07, 6.45) is -4.23. The Morgan fingerprint density at radius 3 is 1.35 bits per heavy atom. The zero-order valence-electron chi connectivity index (χ0n) is 24.5. The van der Waals surface area contributed by atoms with Crippen LogP contribution in [0.15, 0.2) is 35.2 Å². The molecule has 1 aromatic rings. The molecule has 1 atom stereocenters. The summed E-state index contributed by atoms with van der Waals surface area (Å²) in [4.78, 5) is -0.306. The summed E-state index contributed by atoms with van der Waals surface area (Å²) in [5, 5.41) is 0. The molecule has 1 aromatic carbocycles. The van der Waals surface area contributed by atoms with Gasteiger partial charge in [-0.3, -0.25) is 0 Å². The minimum atomic E-state index is -7.82. The van der Waals surface area contributed by atoms with Gasteiger partial charge in [-0.15, -0.1) is 0 Å². The van der Waals surface area contributed by atoms with Gasteiger partial charge in [-0.25, -0.2) is 4.39 Å². The Labute approximate surface area is 252 Å². The molecule has 43 heavy (non-hydrogen) atoms. The van der Waals surface area contributed by atoms with Crippen molar-refractivity contribution in [3.63, 3.8) is 0 Å². The molecule has 0 bridgehead atoms. The van der Waals surface area contributed by atoms with Crippen molar-refractivity contribution in [1.82, 2.24) is 0 Å². The highest BCUT2D eigenvalue weighted by Crippen LogP contribution is 2.62. The van der Waals surface area contributed by atoms with Crippen LogP contribution < -0.4 is 0 Å². The van der Waals surface area contributed by atoms with Crippen molar-refractivity contribution in [1.29, 1.82) is 0 Å². The van der Waals surface area contributed by atoms with Gasteiger partial charge in [0.15, 0.2) is 22.8 Å². The first-order valence-corrected chi connectivity index (χ1v) is 30.3. The molecule has 0 aliphatic heterocycles. The Hall–Kier alpha value is -0.729. The zero-order valence-corrected chi connectivity index (χ0v) is 32.2. The van der Waals surface area contributed by atoms with Crippen LogP contribution >= 0.6 is 0 Å². The predicted molar refractivity (Wildman–Crippen MR) is 157 cm³/mol. The monoisotopic (exact) mass is 746 g/mol. The van der Waals surface area contributed by atoms with E-state index in [1.54, 1.807) is 39.3 Å². The van der Waals surface area contributed by atoms with E-state index in [-0.39, 0.29) is 4.82 Å². The van der Waals surface area contributed by atoms with Gasteiger partial charge >= 0.3 is 35.5 Å². The van der Waals surface area contributed by atoms with Gasteiger partial charge in [0.2, 0.25) is 0 Å². The molecule has 0 N–H and O–H groups in total. The largest absolute Gasteiger partial charge is 0.463 e. The van der Waals surface area contributed by atoms with Crippen molar-refractivity contribution in [3.8, 4) is 0 Å². The van der Waals surface area contributed by atoms with Crippen LogP contribution in [0.4, 0.5) is 57.1 Å². The van der Waals surface area contributed by atoms with Crippen LogP contribution in [0.5, 0.6) is 0 Å². The van der Waals surface area contributed by atoms with E-state index >= 15 is 17.6 Å². The van der Waals surface area contributed by atoms with E-state index in [9.17, 15) is 39.5 Å². The average Bonchev–Trinajstić information content (AvgIpc) is 2.82. The zero-order chi connectivity index (χ0) is 34.1. The quantitative estimate of drug-likeness (QED) is 0.163. The SMILES string of the molecule is CC(F)C(F)(F)C(F)(F)C(F)(F)C(F)(F)C(F)(F)C(F)(F)C(=C([SiH2][SiH2]O[Si](C)(C)C)[SiH2][SiH2]O[Si](C)(C)C)c1ccccc1. The summed E-state index contributed by atoms with van der Waals surface area (Å²) in [5.41, 5.74) is -2.47. The first kappa shape index (κ1) is 40.3. The van der Waals surface area contributed by atoms with Crippen molar-refractivity contribution in [2.24, 2.45) is 0 Å². The first-order valence-electron chi connectivity index (χ1n) is 13.0. The molecule has 0 amide bonds. The second-order valence-electron chi connectivity index (χ2n) is 11.9. The van der Waals surface area contributed by atoms with Crippen molar-refractivity contribution in [2.75, 3.05) is 0 Å². The molecule has 0 fully saturated rings. The maximum Gasteiger partial charge on any atom is 0.385 e. The lowest BCUT2D eigenvalue weighted by Gasteiger charge is -2.42. The number of alkyl halides is 13. The van der Waals surface area contributed by atoms with Gasteiger partial charge in [0.25, 0.3) is 0 Å². The predicted octanol–water partition coefficient (Wildman–Crippen LogP) is 5.56. The normalized spacial score (nSPS) is 16.6. The standard InChI is InChI=1S/C22H35F13O2Si6/c1-13(23)17(24,25)19(28,29)21(32,33)22(34,35)20(30,31)18(26,27)15(14-11-9-8-10-12-14)16(38-40-36-42(2,3)4)39-41-37-43(5,6)7/h8-13H,38-41H2,1-7H3. The molecular formula is C22H35F13O2Si6. The number of benzene rings is 1. The van der Waals surface area contributed by atoms with Gasteiger partial charge in [0, 0.05) is 5.57 Å². The molecule has 0 aliphatic carbocycles. The van der Waals surface area contributed by atoms with Gasteiger partial charge in [-0.1, -0.05) is 35.2 Å². The van der Waals surface area contributed by atoms with Crippen LogP contribution in [0.3, 0.4) is 0 Å². The Morgan fingerprint density at radius 2 is 1.00 bits per heavy atom. The molecule has 250 valence electrons. The second kappa shape index (κ2) is 13.6. The molecule has 1 rings (SSSR count). The fraction of sp³-hybridized carbons (Fsp3) is 0.636. The first-order chi connectivity index (χ1) is 19.0.